The molecule has 0 aromatic heterocycles. The Bertz CT molecular complexity index is 1540. The molecule has 3 atom stereocenters. The van der Waals surface area contributed by atoms with Crippen LogP contribution in [0.1, 0.15) is 226 Å². The fourth-order valence-electron chi connectivity index (χ4n) is 7.61. The summed E-state index contributed by atoms with van der Waals surface area (Å²) < 4.78 is 30.5. The van der Waals surface area contributed by atoms with Crippen LogP contribution in [0.3, 0.4) is 0 Å². The molecule has 3 unspecified atom stereocenters. The summed E-state index contributed by atoms with van der Waals surface area (Å²) in [5.74, 6) is -0.627. The number of ether oxygens (including phenoxy) is 1. The molecule has 0 aliphatic rings. The lowest BCUT2D eigenvalue weighted by Gasteiger charge is -2.27. The van der Waals surface area contributed by atoms with Crippen molar-refractivity contribution in [3.63, 3.8) is 0 Å². The van der Waals surface area contributed by atoms with Crippen LogP contribution in [0.5, 0.6) is 0 Å². The summed E-state index contributed by atoms with van der Waals surface area (Å²) >= 11 is 0. The number of phosphoric acid groups is 1. The minimum absolute atomic E-state index is 0.0222. The lowest BCUT2D eigenvalue weighted by molar-refractivity contribution is -0.870. The maximum atomic E-state index is 13.5. The Morgan fingerprint density at radius 2 is 0.915 bits per heavy atom. The number of hydrogen-bond acceptors (Lipinski definition) is 6. The van der Waals surface area contributed by atoms with Gasteiger partial charge in [-0.15, -0.1) is 0 Å². The summed E-state index contributed by atoms with van der Waals surface area (Å²) in [6.45, 7) is 6.81. The summed E-state index contributed by atoms with van der Waals surface area (Å²) in [4.78, 5) is 37.5. The number of nitrogens with zero attached hydrogens (tertiary/aromatic N) is 1. The van der Waals surface area contributed by atoms with Crippen molar-refractivity contribution in [1.29, 1.82) is 0 Å². The second-order valence-corrected chi connectivity index (χ2v) is 21.5. The van der Waals surface area contributed by atoms with Crippen molar-refractivity contribution >= 4 is 19.7 Å². The number of phosphoric ester groups is 1. The normalized spacial score (nSPS) is 14.5. The first kappa shape index (κ1) is 67.9. The van der Waals surface area contributed by atoms with Crippen molar-refractivity contribution in [3.05, 3.63) is 97.2 Å². The molecule has 0 aliphatic heterocycles. The van der Waals surface area contributed by atoms with Crippen LogP contribution in [-0.4, -0.2) is 74.3 Å². The van der Waals surface area contributed by atoms with E-state index in [-0.39, 0.29) is 25.5 Å². The first-order chi connectivity index (χ1) is 34.4. The zero-order valence-corrected chi connectivity index (χ0v) is 47.3. The first-order valence-corrected chi connectivity index (χ1v) is 30.1. The molecule has 0 aromatic carbocycles. The fraction of sp³-hybridized carbons (Fsp3) is 0.705. The lowest BCUT2D eigenvalue weighted by atomic mass is 10.0. The number of amides is 1. The van der Waals surface area contributed by atoms with Gasteiger partial charge in [-0.3, -0.25) is 18.6 Å². The smallest absolute Gasteiger partial charge is 0.456 e. The van der Waals surface area contributed by atoms with Crippen molar-refractivity contribution in [2.24, 2.45) is 0 Å². The van der Waals surface area contributed by atoms with Crippen LogP contribution in [0.2, 0.25) is 0 Å². The largest absolute Gasteiger partial charge is 0.472 e. The highest BCUT2D eigenvalue weighted by atomic mass is 31.2. The van der Waals surface area contributed by atoms with Crippen molar-refractivity contribution in [3.8, 4) is 0 Å². The second kappa shape index (κ2) is 50.5. The molecule has 0 saturated carbocycles. The molecule has 2 N–H and O–H groups in total. The first-order valence-electron chi connectivity index (χ1n) is 28.6. The number of likely N-dealkylation sites (N-methyl/N-ethyl adjacent to an activating group) is 1. The van der Waals surface area contributed by atoms with Gasteiger partial charge in [0.05, 0.1) is 33.8 Å². The van der Waals surface area contributed by atoms with E-state index in [4.69, 9.17) is 13.8 Å². The molecule has 0 saturated heterocycles. The quantitative estimate of drug-likeness (QED) is 0.0205. The maximum absolute atomic E-state index is 13.5. The number of hydrogen-bond donors (Lipinski definition) is 2. The maximum Gasteiger partial charge on any atom is 0.472 e. The molecular weight excluding hydrogens is 904 g/mol. The number of allylic oxidation sites excluding steroid dienone is 15. The molecule has 0 aromatic rings. The number of carbonyl (C=O) groups is 2. The van der Waals surface area contributed by atoms with Crippen LogP contribution in [0.4, 0.5) is 0 Å². The van der Waals surface area contributed by atoms with Crippen molar-refractivity contribution in [2.45, 2.75) is 238 Å². The van der Waals surface area contributed by atoms with Crippen LogP contribution < -0.4 is 5.32 Å². The molecule has 0 spiro atoms. The molecule has 0 bridgehead atoms. The minimum Gasteiger partial charge on any atom is -0.456 e. The molecule has 0 heterocycles. The van der Waals surface area contributed by atoms with Crippen LogP contribution in [0.15, 0.2) is 97.2 Å². The van der Waals surface area contributed by atoms with Gasteiger partial charge in [0.25, 0.3) is 0 Å². The Labute approximate surface area is 437 Å². The van der Waals surface area contributed by atoms with E-state index in [0.29, 0.717) is 30.3 Å². The predicted octanol–water partition coefficient (Wildman–Crippen LogP) is 17.2. The predicted molar refractivity (Wildman–Crippen MR) is 304 cm³/mol. The zero-order chi connectivity index (χ0) is 52.2. The number of rotatable bonds is 50. The summed E-state index contributed by atoms with van der Waals surface area (Å²) in [5, 5.41) is 3.01. The van der Waals surface area contributed by atoms with Crippen LogP contribution in [0.25, 0.3) is 0 Å². The van der Waals surface area contributed by atoms with Gasteiger partial charge in [-0.2, -0.15) is 0 Å². The van der Waals surface area contributed by atoms with Gasteiger partial charge in [0.2, 0.25) is 5.91 Å². The number of esters is 1. The Balaban J connectivity index is 5.52. The van der Waals surface area contributed by atoms with E-state index in [1.54, 1.807) is 0 Å². The Kier molecular flexibility index (Phi) is 48.3. The van der Waals surface area contributed by atoms with Crippen LogP contribution in [-0.2, 0) is 27.9 Å². The number of unbranched alkanes of at least 4 members (excludes halogenated alkanes) is 20. The van der Waals surface area contributed by atoms with Crippen molar-refractivity contribution < 1.29 is 37.3 Å². The third-order valence-electron chi connectivity index (χ3n) is 12.0. The second-order valence-electron chi connectivity index (χ2n) is 20.1. The van der Waals surface area contributed by atoms with Gasteiger partial charge < -0.3 is 19.4 Å². The Hall–Kier alpha value is -3.07. The van der Waals surface area contributed by atoms with E-state index in [9.17, 15) is 19.0 Å². The molecule has 10 heteroatoms. The molecular formula is C61H108N2O7P+. The van der Waals surface area contributed by atoms with Gasteiger partial charge in [0, 0.05) is 12.8 Å². The highest BCUT2D eigenvalue weighted by Gasteiger charge is 2.30. The summed E-state index contributed by atoms with van der Waals surface area (Å²) in [5.41, 5.74) is 0. The van der Waals surface area contributed by atoms with E-state index in [1.807, 2.05) is 45.4 Å². The lowest BCUT2D eigenvalue weighted by Crippen LogP contribution is -2.47. The molecule has 0 fully saturated rings. The molecule has 0 radical (unpaired) electrons. The molecule has 0 aliphatic carbocycles. The Morgan fingerprint density at radius 3 is 1.38 bits per heavy atom. The van der Waals surface area contributed by atoms with Gasteiger partial charge in [-0.25, -0.2) is 4.57 Å². The topological polar surface area (TPSA) is 111 Å². The third-order valence-corrected chi connectivity index (χ3v) is 13.0. The number of quaternary nitrogens is 1. The van der Waals surface area contributed by atoms with E-state index in [2.05, 4.69) is 99.0 Å². The molecule has 1 amide bonds. The van der Waals surface area contributed by atoms with Crippen molar-refractivity contribution in [1.82, 2.24) is 5.32 Å². The average molecular weight is 1010 g/mol. The van der Waals surface area contributed by atoms with E-state index in [1.165, 1.54) is 96.3 Å². The molecule has 71 heavy (non-hydrogen) atoms. The van der Waals surface area contributed by atoms with E-state index >= 15 is 0 Å². The fourth-order valence-corrected chi connectivity index (χ4v) is 8.34. The van der Waals surface area contributed by atoms with Crippen molar-refractivity contribution in [2.75, 3.05) is 40.9 Å². The number of carbonyl (C=O) groups excluding carboxylic acids is 2. The number of nitrogens with one attached hydrogen (secondary N) is 1. The van der Waals surface area contributed by atoms with Gasteiger partial charge >= 0.3 is 13.8 Å². The third kappa shape index (κ3) is 51.6. The minimum atomic E-state index is -4.47. The average Bonchev–Trinajstić information content (AvgIpc) is 3.33. The summed E-state index contributed by atoms with van der Waals surface area (Å²) in [6.07, 6.45) is 67.0. The van der Waals surface area contributed by atoms with Crippen LogP contribution >= 0.6 is 7.82 Å². The highest BCUT2D eigenvalue weighted by molar-refractivity contribution is 7.47. The summed E-state index contributed by atoms with van der Waals surface area (Å²) in [7, 11) is 1.44. The van der Waals surface area contributed by atoms with Crippen LogP contribution in [0, 0.1) is 0 Å². The summed E-state index contributed by atoms with van der Waals surface area (Å²) in [6, 6.07) is -0.890. The van der Waals surface area contributed by atoms with Gasteiger partial charge in [-0.1, -0.05) is 215 Å². The van der Waals surface area contributed by atoms with E-state index < -0.39 is 25.9 Å². The monoisotopic (exact) mass is 1010 g/mol. The standard InChI is InChI=1S/C61H107N2O7P/c1-7-10-13-16-19-22-25-28-29-30-31-32-33-36-39-42-45-48-51-54-61(65)70-59(52-49-46-43-40-37-34-26-23-20-17-14-11-8-2)58(57-69-71(66,67)68-56-55-63(4,5)6)62-60(64)53-50-47-44-41-38-35-27-24-21-18-15-12-9-3/h10,13,19,22,28-29,31-32,35-36,38-39,45,48-49,52,58-59H,7-9,11-12,14-18,20-21,23-27,30,33-34,37,40-44,46-47,50-51,53-57H2,1-6H3,(H-,62,64,66,67)/p+1/b13-10-,22-19-,29-28-,32-31-,38-35-,39-36-,48-45-,52-49-. The highest BCUT2D eigenvalue weighted by Crippen LogP contribution is 2.43. The molecule has 9 nitrogen and oxygen atoms in total. The van der Waals surface area contributed by atoms with Gasteiger partial charge in [0.1, 0.15) is 19.3 Å². The Morgan fingerprint density at radius 1 is 0.507 bits per heavy atom. The van der Waals surface area contributed by atoms with E-state index in [0.717, 1.165) is 83.5 Å². The van der Waals surface area contributed by atoms with Gasteiger partial charge in [0.15, 0.2) is 0 Å². The SMILES string of the molecule is CC/C=C\C/C=C\C/C=C\C/C=C\C/C=C\C/C=C\CCC(=O)OC(/C=C\CCCCCCCCCCCCC)C(COP(=O)(O)OCC[N+](C)(C)C)NC(=O)CCCCC/C=C\CCCCCCCC. The molecule has 408 valence electrons. The molecule has 0 rings (SSSR count). The van der Waals surface area contributed by atoms with Gasteiger partial charge in [-0.05, 0) is 96.0 Å². The zero-order valence-electron chi connectivity index (χ0n) is 46.4.